The van der Waals surface area contributed by atoms with Gasteiger partial charge in [-0.3, -0.25) is 0 Å². The van der Waals surface area contributed by atoms with E-state index in [1.165, 1.54) is 23.1 Å². The van der Waals surface area contributed by atoms with E-state index in [0.717, 1.165) is 19.3 Å². The Kier molecular flexibility index (Phi) is 5.85. The average Bonchev–Trinajstić information content (AvgIpc) is 2.49. The van der Waals surface area contributed by atoms with E-state index in [2.05, 4.69) is 73.3 Å². The third kappa shape index (κ3) is 5.27. The van der Waals surface area contributed by atoms with Gasteiger partial charge in [-0.05, 0) is 36.8 Å². The van der Waals surface area contributed by atoms with Gasteiger partial charge in [0.15, 0.2) is 0 Å². The molecule has 0 amide bonds. The molecule has 0 aromatic heterocycles. The minimum Gasteiger partial charge on any atom is -0.0995 e. The number of aryl methyl sites for hydroxylation is 1. The molecule has 0 N–H and O–H groups in total. The summed E-state index contributed by atoms with van der Waals surface area (Å²) >= 11 is 0. The molecule has 0 saturated heterocycles. The summed E-state index contributed by atoms with van der Waals surface area (Å²) in [5.41, 5.74) is 3.98. The topological polar surface area (TPSA) is 0 Å². The van der Waals surface area contributed by atoms with Crippen LogP contribution in [0.1, 0.15) is 30.4 Å². The first kappa shape index (κ1) is 14.3. The Morgan fingerprint density at radius 2 is 1.55 bits per heavy atom. The minimum atomic E-state index is 0.976. The zero-order valence-electron chi connectivity index (χ0n) is 12.0. The first-order chi connectivity index (χ1) is 9.84. The van der Waals surface area contributed by atoms with Crippen LogP contribution < -0.4 is 0 Å². The van der Waals surface area contributed by atoms with Gasteiger partial charge in [-0.15, -0.1) is 0 Å². The zero-order chi connectivity index (χ0) is 14.0. The smallest absolute Gasteiger partial charge is 0.0138 e. The maximum atomic E-state index is 4.17. The van der Waals surface area contributed by atoms with E-state index in [1.54, 1.807) is 0 Å². The van der Waals surface area contributed by atoms with Crippen LogP contribution in [0, 0.1) is 0 Å². The Morgan fingerprint density at radius 1 is 0.900 bits per heavy atom. The molecule has 0 nitrogen and oxygen atoms in total. The second-order valence-electron chi connectivity index (χ2n) is 5.11. The third-order valence-electron chi connectivity index (χ3n) is 3.36. The van der Waals surface area contributed by atoms with E-state index in [4.69, 9.17) is 0 Å². The molecule has 0 radical (unpaired) electrons. The Balaban J connectivity index is 1.67. The lowest BCUT2D eigenvalue weighted by Gasteiger charge is -2.03. The van der Waals surface area contributed by atoms with Gasteiger partial charge in [0.2, 0.25) is 0 Å². The van der Waals surface area contributed by atoms with Crippen LogP contribution in [0.25, 0.3) is 6.08 Å². The summed E-state index contributed by atoms with van der Waals surface area (Å²) in [7, 11) is 0. The lowest BCUT2D eigenvalue weighted by atomic mass is 10.0. The predicted octanol–water partition coefficient (Wildman–Crippen LogP) is 5.67. The minimum absolute atomic E-state index is 0.976. The maximum absolute atomic E-state index is 4.17. The van der Waals surface area contributed by atoms with E-state index in [9.17, 15) is 0 Å². The van der Waals surface area contributed by atoms with Crippen LogP contribution in [0.3, 0.4) is 0 Å². The molecule has 0 spiro atoms. The van der Waals surface area contributed by atoms with Crippen LogP contribution in [0.4, 0.5) is 0 Å². The van der Waals surface area contributed by atoms with Gasteiger partial charge in [0, 0.05) is 0 Å². The fourth-order valence-corrected chi connectivity index (χ4v) is 2.22. The average molecular weight is 262 g/mol. The molecule has 0 aliphatic heterocycles. The van der Waals surface area contributed by atoms with E-state index in [0.29, 0.717) is 0 Å². The summed E-state index contributed by atoms with van der Waals surface area (Å²) in [5.74, 6) is 0. The van der Waals surface area contributed by atoms with Crippen LogP contribution in [-0.2, 0) is 6.42 Å². The Labute approximate surface area is 122 Å². The van der Waals surface area contributed by atoms with Crippen molar-refractivity contribution in [1.29, 1.82) is 0 Å². The number of hydrogen-bond donors (Lipinski definition) is 0. The quantitative estimate of drug-likeness (QED) is 0.564. The van der Waals surface area contributed by atoms with Gasteiger partial charge in [-0.25, -0.2) is 0 Å². The summed E-state index contributed by atoms with van der Waals surface area (Å²) in [6.45, 7) is 4.17. The Hall–Kier alpha value is -2.08. The molecule has 0 aliphatic carbocycles. The van der Waals surface area contributed by atoms with Crippen LogP contribution in [0.15, 0.2) is 78.9 Å². The molecule has 102 valence electrons. The SMILES string of the molecule is C=C(C/C=C/c1ccccc1)CCCc1ccccc1. The number of allylic oxidation sites excluding steroid dienone is 2. The highest BCUT2D eigenvalue weighted by atomic mass is 14.0. The van der Waals surface area contributed by atoms with Crippen molar-refractivity contribution in [2.45, 2.75) is 25.7 Å². The summed E-state index contributed by atoms with van der Waals surface area (Å²) < 4.78 is 0. The van der Waals surface area contributed by atoms with Crippen molar-refractivity contribution in [2.24, 2.45) is 0 Å². The lowest BCUT2D eigenvalue weighted by Crippen LogP contribution is -1.87. The molecule has 0 fully saturated rings. The largest absolute Gasteiger partial charge is 0.0995 e. The van der Waals surface area contributed by atoms with Crippen molar-refractivity contribution < 1.29 is 0 Å². The fraction of sp³-hybridized carbons (Fsp3) is 0.200. The van der Waals surface area contributed by atoms with Gasteiger partial charge < -0.3 is 0 Å². The van der Waals surface area contributed by atoms with Crippen LogP contribution >= 0.6 is 0 Å². The van der Waals surface area contributed by atoms with Crippen molar-refractivity contribution in [3.8, 4) is 0 Å². The van der Waals surface area contributed by atoms with Crippen LogP contribution in [0.2, 0.25) is 0 Å². The lowest BCUT2D eigenvalue weighted by molar-refractivity contribution is 0.801. The molecule has 0 heterocycles. The van der Waals surface area contributed by atoms with E-state index >= 15 is 0 Å². The zero-order valence-corrected chi connectivity index (χ0v) is 12.0. The molecule has 2 aromatic carbocycles. The second-order valence-corrected chi connectivity index (χ2v) is 5.11. The van der Waals surface area contributed by atoms with Gasteiger partial charge >= 0.3 is 0 Å². The van der Waals surface area contributed by atoms with Gasteiger partial charge in [0.1, 0.15) is 0 Å². The highest BCUT2D eigenvalue weighted by molar-refractivity contribution is 5.49. The van der Waals surface area contributed by atoms with Crippen LogP contribution in [0.5, 0.6) is 0 Å². The first-order valence-corrected chi connectivity index (χ1v) is 7.27. The molecule has 0 atom stereocenters. The van der Waals surface area contributed by atoms with E-state index in [1.807, 2.05) is 6.07 Å². The van der Waals surface area contributed by atoms with Crippen molar-refractivity contribution in [3.05, 3.63) is 90.0 Å². The maximum Gasteiger partial charge on any atom is -0.0138 e. The standard InChI is InChI=1S/C20H22/c1-18(10-8-16-19-12-4-2-5-13-19)11-9-17-20-14-6-3-7-15-20/h2-8,12-16H,1,9-11,17H2/b16-8+. The monoisotopic (exact) mass is 262 g/mol. The van der Waals surface area contributed by atoms with Gasteiger partial charge in [0.05, 0.1) is 0 Å². The molecule has 0 heteroatoms. The van der Waals surface area contributed by atoms with Crippen molar-refractivity contribution in [1.82, 2.24) is 0 Å². The van der Waals surface area contributed by atoms with Crippen molar-refractivity contribution in [3.63, 3.8) is 0 Å². The fourth-order valence-electron chi connectivity index (χ4n) is 2.22. The van der Waals surface area contributed by atoms with Gasteiger partial charge in [-0.1, -0.05) is 85.0 Å². The second kappa shape index (κ2) is 8.16. The van der Waals surface area contributed by atoms with E-state index in [-0.39, 0.29) is 0 Å². The summed E-state index contributed by atoms with van der Waals surface area (Å²) in [4.78, 5) is 0. The highest BCUT2D eigenvalue weighted by Crippen LogP contribution is 2.13. The number of rotatable bonds is 7. The number of benzene rings is 2. The number of hydrogen-bond acceptors (Lipinski definition) is 0. The molecule has 2 rings (SSSR count). The molecule has 0 saturated carbocycles. The molecular weight excluding hydrogens is 240 g/mol. The van der Waals surface area contributed by atoms with Gasteiger partial charge in [0.25, 0.3) is 0 Å². The predicted molar refractivity (Wildman–Crippen MR) is 88.6 cm³/mol. The summed E-state index contributed by atoms with van der Waals surface area (Å²) in [6, 6.07) is 21.1. The molecule has 0 bridgehead atoms. The summed E-state index contributed by atoms with van der Waals surface area (Å²) in [5, 5.41) is 0. The van der Waals surface area contributed by atoms with Crippen molar-refractivity contribution >= 4 is 6.08 Å². The molecule has 0 aliphatic rings. The first-order valence-electron chi connectivity index (χ1n) is 7.27. The molecule has 2 aromatic rings. The third-order valence-corrected chi connectivity index (χ3v) is 3.36. The van der Waals surface area contributed by atoms with Crippen molar-refractivity contribution in [2.75, 3.05) is 0 Å². The molecular formula is C20H22. The van der Waals surface area contributed by atoms with Crippen LogP contribution in [-0.4, -0.2) is 0 Å². The van der Waals surface area contributed by atoms with E-state index < -0.39 is 0 Å². The Morgan fingerprint density at radius 3 is 2.25 bits per heavy atom. The highest BCUT2D eigenvalue weighted by Gasteiger charge is 1.95. The molecule has 0 unspecified atom stereocenters. The summed E-state index contributed by atoms with van der Waals surface area (Å²) in [6.07, 6.45) is 8.78. The normalized spacial score (nSPS) is 10.8. The Bertz CT molecular complexity index is 535. The molecule has 20 heavy (non-hydrogen) atoms. The van der Waals surface area contributed by atoms with Gasteiger partial charge in [-0.2, -0.15) is 0 Å².